The maximum Gasteiger partial charge on any atom is 0.264 e. The van der Waals surface area contributed by atoms with Crippen LogP contribution >= 0.6 is 0 Å². The van der Waals surface area contributed by atoms with Gasteiger partial charge in [-0.1, -0.05) is 72.8 Å². The Balaban J connectivity index is 1.55. The number of carbonyl (C=O) groups is 1. The Hall–Kier alpha value is -4.16. The zero-order valence-electron chi connectivity index (χ0n) is 18.5. The first-order valence-corrected chi connectivity index (χ1v) is 12.2. The quantitative estimate of drug-likeness (QED) is 0.323. The predicted molar refractivity (Wildman–Crippen MR) is 137 cm³/mol. The number of carbonyl (C=O) groups excluding carboxylic acids is 1. The Labute approximate surface area is 200 Å². The van der Waals surface area contributed by atoms with Crippen molar-refractivity contribution in [1.82, 2.24) is 0 Å². The van der Waals surface area contributed by atoms with E-state index in [-0.39, 0.29) is 22.9 Å². The molecule has 4 aromatic rings. The van der Waals surface area contributed by atoms with Crippen LogP contribution in [-0.2, 0) is 10.0 Å². The molecule has 1 N–H and O–H groups in total. The molecule has 0 bridgehead atoms. The fraction of sp³-hybridized carbons (Fsp3) is 0.0357. The molecule has 0 saturated carbocycles. The molecular formula is C28H24N2O3S. The zero-order valence-corrected chi connectivity index (χ0v) is 19.3. The molecule has 0 saturated heterocycles. The number of hydrogen-bond donors (Lipinski definition) is 1. The van der Waals surface area contributed by atoms with Crippen LogP contribution in [0.3, 0.4) is 0 Å². The van der Waals surface area contributed by atoms with E-state index in [9.17, 15) is 13.2 Å². The molecule has 4 rings (SSSR count). The van der Waals surface area contributed by atoms with Crippen molar-refractivity contribution in [2.24, 2.45) is 0 Å². The van der Waals surface area contributed by atoms with Crippen LogP contribution in [0, 0.1) is 0 Å². The molecule has 6 heteroatoms. The summed E-state index contributed by atoms with van der Waals surface area (Å²) in [6, 6.07) is 32.3. The van der Waals surface area contributed by atoms with Crippen molar-refractivity contribution in [3.8, 4) is 11.1 Å². The van der Waals surface area contributed by atoms with Gasteiger partial charge in [0.2, 0.25) is 0 Å². The smallest absolute Gasteiger partial charge is 0.264 e. The van der Waals surface area contributed by atoms with E-state index >= 15 is 0 Å². The van der Waals surface area contributed by atoms with E-state index in [0.717, 1.165) is 11.1 Å². The Bertz CT molecular complexity index is 1380. The van der Waals surface area contributed by atoms with Gasteiger partial charge in [-0.25, -0.2) is 8.42 Å². The molecule has 0 fully saturated rings. The lowest BCUT2D eigenvalue weighted by Crippen LogP contribution is -2.31. The molecular weight excluding hydrogens is 444 g/mol. The highest BCUT2D eigenvalue weighted by Crippen LogP contribution is 2.25. The van der Waals surface area contributed by atoms with Crippen molar-refractivity contribution < 1.29 is 13.2 Å². The predicted octanol–water partition coefficient (Wildman–Crippen LogP) is 5.99. The number of para-hydroxylation sites is 1. The van der Waals surface area contributed by atoms with Gasteiger partial charge in [0.15, 0.2) is 0 Å². The Kier molecular flexibility index (Phi) is 6.90. The fourth-order valence-corrected chi connectivity index (χ4v) is 5.04. The minimum Gasteiger partial charge on any atom is -0.322 e. The van der Waals surface area contributed by atoms with Crippen molar-refractivity contribution in [3.05, 3.63) is 127 Å². The van der Waals surface area contributed by atoms with Crippen LogP contribution in [0.25, 0.3) is 11.1 Å². The van der Waals surface area contributed by atoms with Gasteiger partial charge in [0, 0.05) is 11.3 Å². The molecule has 0 aromatic heterocycles. The van der Waals surface area contributed by atoms with Crippen LogP contribution in [0.5, 0.6) is 0 Å². The fourth-order valence-electron chi connectivity index (χ4n) is 3.56. The maximum absolute atomic E-state index is 13.4. The first-order chi connectivity index (χ1) is 16.5. The van der Waals surface area contributed by atoms with Crippen LogP contribution < -0.4 is 9.62 Å². The summed E-state index contributed by atoms with van der Waals surface area (Å²) in [4.78, 5) is 12.9. The molecule has 1 amide bonds. The van der Waals surface area contributed by atoms with E-state index in [2.05, 4.69) is 11.9 Å². The van der Waals surface area contributed by atoms with Crippen LogP contribution in [-0.4, -0.2) is 20.9 Å². The van der Waals surface area contributed by atoms with E-state index in [1.165, 1.54) is 22.5 Å². The highest BCUT2D eigenvalue weighted by molar-refractivity contribution is 7.92. The summed E-state index contributed by atoms with van der Waals surface area (Å²) in [5.74, 6) is -0.389. The molecule has 0 aliphatic heterocycles. The van der Waals surface area contributed by atoms with Gasteiger partial charge in [-0.05, 0) is 53.6 Å². The molecule has 0 atom stereocenters. The van der Waals surface area contributed by atoms with Crippen molar-refractivity contribution >= 4 is 27.3 Å². The van der Waals surface area contributed by atoms with Crippen LogP contribution in [0.4, 0.5) is 11.4 Å². The van der Waals surface area contributed by atoms with E-state index in [1.807, 2.05) is 60.7 Å². The zero-order chi connectivity index (χ0) is 24.0. The molecule has 0 unspecified atom stereocenters. The molecule has 0 radical (unpaired) electrons. The van der Waals surface area contributed by atoms with Crippen LogP contribution in [0.15, 0.2) is 127 Å². The molecule has 5 nitrogen and oxygen atoms in total. The second-order valence-corrected chi connectivity index (χ2v) is 9.45. The van der Waals surface area contributed by atoms with Gasteiger partial charge in [-0.15, -0.1) is 6.58 Å². The molecule has 4 aromatic carbocycles. The summed E-state index contributed by atoms with van der Waals surface area (Å²) in [6.07, 6.45) is 1.53. The number of hydrogen-bond acceptors (Lipinski definition) is 3. The number of benzene rings is 4. The van der Waals surface area contributed by atoms with Crippen molar-refractivity contribution in [2.75, 3.05) is 16.2 Å². The van der Waals surface area contributed by atoms with Gasteiger partial charge in [-0.2, -0.15) is 0 Å². The van der Waals surface area contributed by atoms with Gasteiger partial charge in [0.1, 0.15) is 0 Å². The monoisotopic (exact) mass is 468 g/mol. The third-order valence-corrected chi connectivity index (χ3v) is 7.06. The lowest BCUT2D eigenvalue weighted by molar-refractivity contribution is 0.102. The maximum atomic E-state index is 13.4. The third kappa shape index (κ3) is 5.08. The summed E-state index contributed by atoms with van der Waals surface area (Å²) in [7, 11) is -3.90. The molecule has 0 aliphatic rings. The van der Waals surface area contributed by atoms with Gasteiger partial charge >= 0.3 is 0 Å². The van der Waals surface area contributed by atoms with Crippen LogP contribution in [0.2, 0.25) is 0 Å². The summed E-state index contributed by atoms with van der Waals surface area (Å²) in [5, 5.41) is 2.84. The summed E-state index contributed by atoms with van der Waals surface area (Å²) < 4.78 is 28.0. The molecule has 0 heterocycles. The van der Waals surface area contributed by atoms with Crippen molar-refractivity contribution in [1.29, 1.82) is 0 Å². The molecule has 34 heavy (non-hydrogen) atoms. The average Bonchev–Trinajstić information content (AvgIpc) is 2.88. The largest absolute Gasteiger partial charge is 0.322 e. The highest BCUT2D eigenvalue weighted by Gasteiger charge is 2.24. The normalized spacial score (nSPS) is 10.9. The van der Waals surface area contributed by atoms with Gasteiger partial charge in [0.25, 0.3) is 15.9 Å². The van der Waals surface area contributed by atoms with Gasteiger partial charge in [0.05, 0.1) is 17.1 Å². The molecule has 0 aliphatic carbocycles. The van der Waals surface area contributed by atoms with E-state index in [0.29, 0.717) is 11.4 Å². The number of nitrogens with one attached hydrogen (secondary N) is 1. The SMILES string of the molecule is C=CCN(c1ccccc1)S(=O)(=O)c1cccc(C(=O)Nc2ccc(-c3ccccc3)cc2)c1. The first-order valence-electron chi connectivity index (χ1n) is 10.7. The number of rotatable bonds is 8. The number of amides is 1. The first kappa shape index (κ1) is 23.0. The third-order valence-electron chi connectivity index (χ3n) is 5.27. The van der Waals surface area contributed by atoms with E-state index in [4.69, 9.17) is 0 Å². The molecule has 0 spiro atoms. The van der Waals surface area contributed by atoms with E-state index in [1.54, 1.807) is 36.4 Å². The Morgan fingerprint density at radius 1 is 0.794 bits per heavy atom. The Morgan fingerprint density at radius 3 is 2.06 bits per heavy atom. The van der Waals surface area contributed by atoms with Gasteiger partial charge in [-0.3, -0.25) is 9.10 Å². The topological polar surface area (TPSA) is 66.5 Å². The van der Waals surface area contributed by atoms with Gasteiger partial charge < -0.3 is 5.32 Å². The van der Waals surface area contributed by atoms with Crippen molar-refractivity contribution in [2.45, 2.75) is 4.90 Å². The summed E-state index contributed by atoms with van der Waals surface area (Å²) >= 11 is 0. The van der Waals surface area contributed by atoms with Crippen LogP contribution in [0.1, 0.15) is 10.4 Å². The minimum absolute atomic E-state index is 0.0327. The number of anilines is 2. The summed E-state index contributed by atoms with van der Waals surface area (Å²) in [6.45, 7) is 3.79. The molecule has 170 valence electrons. The number of sulfonamides is 1. The average molecular weight is 469 g/mol. The second-order valence-electron chi connectivity index (χ2n) is 7.59. The standard InChI is InChI=1S/C28H24N2O3S/c1-2-20-30(26-13-7-4-8-14-26)34(32,33)27-15-9-12-24(21-27)28(31)29-25-18-16-23(17-19-25)22-10-5-3-6-11-22/h2-19,21H,1,20H2,(H,29,31). The van der Waals surface area contributed by atoms with E-state index < -0.39 is 10.0 Å². The lowest BCUT2D eigenvalue weighted by Gasteiger charge is -2.23. The number of nitrogens with zero attached hydrogens (tertiary/aromatic N) is 1. The minimum atomic E-state index is -3.90. The highest BCUT2D eigenvalue weighted by atomic mass is 32.2. The lowest BCUT2D eigenvalue weighted by atomic mass is 10.1. The Morgan fingerprint density at radius 2 is 1.41 bits per heavy atom. The summed E-state index contributed by atoms with van der Waals surface area (Å²) in [5.41, 5.74) is 3.52. The van der Waals surface area contributed by atoms with Crippen molar-refractivity contribution in [3.63, 3.8) is 0 Å². The second kappa shape index (κ2) is 10.2.